The van der Waals surface area contributed by atoms with Gasteiger partial charge in [-0.05, 0) is 36.0 Å². The first kappa shape index (κ1) is 9.04. The number of carboxylic acids is 1. The summed E-state index contributed by atoms with van der Waals surface area (Å²) in [5, 5.41) is 9.08. The number of aliphatic carboxylic acids is 1. The van der Waals surface area contributed by atoms with Crippen LogP contribution in [0.15, 0.2) is 0 Å². The largest absolute Gasteiger partial charge is 0.481 e. The van der Waals surface area contributed by atoms with Crippen LogP contribution in [0.25, 0.3) is 0 Å². The zero-order valence-corrected chi connectivity index (χ0v) is 8.63. The van der Waals surface area contributed by atoms with Crippen molar-refractivity contribution in [3.8, 4) is 0 Å². The van der Waals surface area contributed by atoms with Crippen LogP contribution in [0.1, 0.15) is 40.0 Å². The fraction of sp³-hybridized carbons (Fsp3) is 0.909. The van der Waals surface area contributed by atoms with Crippen LogP contribution < -0.4 is 0 Å². The molecule has 2 saturated carbocycles. The average Bonchev–Trinajstić information content (AvgIpc) is 2.34. The summed E-state index contributed by atoms with van der Waals surface area (Å²) in [6, 6.07) is 0. The predicted octanol–water partition coefficient (Wildman–Crippen LogP) is 2.53. The van der Waals surface area contributed by atoms with Gasteiger partial charge < -0.3 is 5.11 Å². The molecule has 0 amide bonds. The van der Waals surface area contributed by atoms with Crippen molar-refractivity contribution in [1.29, 1.82) is 0 Å². The Hall–Kier alpha value is -0.530. The van der Waals surface area contributed by atoms with Gasteiger partial charge in [0.25, 0.3) is 0 Å². The third-order valence-electron chi connectivity index (χ3n) is 4.96. The molecular weight excluding hydrogens is 164 g/mol. The SMILES string of the molecule is CC1(C)[C@H]2CC[C@]1(C)C[C@H]2C(=O)O. The molecule has 0 aromatic rings. The van der Waals surface area contributed by atoms with Gasteiger partial charge in [-0.15, -0.1) is 0 Å². The molecule has 1 N–H and O–H groups in total. The molecule has 2 fully saturated rings. The second-order valence-electron chi connectivity index (χ2n) is 5.58. The Balaban J connectivity index is 2.34. The minimum Gasteiger partial charge on any atom is -0.481 e. The monoisotopic (exact) mass is 182 g/mol. The van der Waals surface area contributed by atoms with E-state index in [0.717, 1.165) is 12.8 Å². The Morgan fingerprint density at radius 3 is 2.23 bits per heavy atom. The standard InChI is InChI=1S/C11H18O2/c1-10(2)8-4-5-11(10,3)6-7(8)9(12)13/h7-8H,4-6H2,1-3H3,(H,12,13)/t7-,8+,11-/m1/s1. The summed E-state index contributed by atoms with van der Waals surface area (Å²) in [4.78, 5) is 11.0. The van der Waals surface area contributed by atoms with Gasteiger partial charge in [0.1, 0.15) is 0 Å². The van der Waals surface area contributed by atoms with E-state index in [1.165, 1.54) is 6.42 Å². The van der Waals surface area contributed by atoms with Crippen molar-refractivity contribution in [3.05, 3.63) is 0 Å². The van der Waals surface area contributed by atoms with Gasteiger partial charge in [0.15, 0.2) is 0 Å². The van der Waals surface area contributed by atoms with Crippen molar-refractivity contribution in [2.75, 3.05) is 0 Å². The predicted molar refractivity (Wildman–Crippen MR) is 50.4 cm³/mol. The molecule has 0 unspecified atom stereocenters. The maximum absolute atomic E-state index is 11.0. The Bertz CT molecular complexity index is 254. The highest BCUT2D eigenvalue weighted by Gasteiger charge is 2.62. The van der Waals surface area contributed by atoms with Gasteiger partial charge in [-0.2, -0.15) is 0 Å². The molecule has 0 aliphatic heterocycles. The van der Waals surface area contributed by atoms with Crippen LogP contribution >= 0.6 is 0 Å². The number of fused-ring (bicyclic) bond motifs is 2. The third-order valence-corrected chi connectivity index (χ3v) is 4.96. The Labute approximate surface area is 79.3 Å². The van der Waals surface area contributed by atoms with Crippen molar-refractivity contribution < 1.29 is 9.90 Å². The molecule has 0 aromatic carbocycles. The van der Waals surface area contributed by atoms with Gasteiger partial charge in [0, 0.05) is 0 Å². The first-order valence-corrected chi connectivity index (χ1v) is 5.11. The van der Waals surface area contributed by atoms with E-state index in [9.17, 15) is 4.79 Å². The number of hydrogen-bond acceptors (Lipinski definition) is 1. The zero-order valence-electron chi connectivity index (χ0n) is 8.63. The average molecular weight is 182 g/mol. The van der Waals surface area contributed by atoms with E-state index in [1.54, 1.807) is 0 Å². The number of carboxylic acid groups (broad SMARTS) is 1. The van der Waals surface area contributed by atoms with Gasteiger partial charge >= 0.3 is 5.97 Å². The van der Waals surface area contributed by atoms with Gasteiger partial charge in [0.05, 0.1) is 5.92 Å². The Morgan fingerprint density at radius 1 is 1.38 bits per heavy atom. The lowest BCUT2D eigenvalue weighted by Crippen LogP contribution is -2.26. The summed E-state index contributed by atoms with van der Waals surface area (Å²) < 4.78 is 0. The lowest BCUT2D eigenvalue weighted by atomic mass is 9.71. The normalized spacial score (nSPS) is 46.7. The Kier molecular flexibility index (Phi) is 1.59. The van der Waals surface area contributed by atoms with Gasteiger partial charge in [-0.1, -0.05) is 20.8 Å². The van der Waals surface area contributed by atoms with Crippen molar-refractivity contribution in [1.82, 2.24) is 0 Å². The fourth-order valence-electron chi connectivity index (χ4n) is 3.56. The molecular formula is C11H18O2. The van der Waals surface area contributed by atoms with Crippen molar-refractivity contribution in [3.63, 3.8) is 0 Å². The number of hydrogen-bond donors (Lipinski definition) is 1. The van der Waals surface area contributed by atoms with E-state index in [-0.39, 0.29) is 16.7 Å². The highest BCUT2D eigenvalue weighted by Crippen LogP contribution is 2.67. The van der Waals surface area contributed by atoms with Crippen molar-refractivity contribution >= 4 is 5.97 Å². The van der Waals surface area contributed by atoms with E-state index >= 15 is 0 Å². The minimum atomic E-state index is -0.582. The summed E-state index contributed by atoms with van der Waals surface area (Å²) in [7, 11) is 0. The number of carbonyl (C=O) groups is 1. The first-order chi connectivity index (χ1) is 5.88. The summed E-state index contributed by atoms with van der Waals surface area (Å²) in [6.07, 6.45) is 3.22. The maximum Gasteiger partial charge on any atom is 0.306 e. The fourth-order valence-corrected chi connectivity index (χ4v) is 3.56. The van der Waals surface area contributed by atoms with Crippen LogP contribution in [0.2, 0.25) is 0 Å². The molecule has 74 valence electrons. The van der Waals surface area contributed by atoms with E-state index in [0.29, 0.717) is 5.92 Å². The molecule has 0 aromatic heterocycles. The summed E-state index contributed by atoms with van der Waals surface area (Å²) in [5.74, 6) is -0.245. The maximum atomic E-state index is 11.0. The summed E-state index contributed by atoms with van der Waals surface area (Å²) in [6.45, 7) is 6.75. The summed E-state index contributed by atoms with van der Waals surface area (Å²) in [5.41, 5.74) is 0.511. The van der Waals surface area contributed by atoms with E-state index in [1.807, 2.05) is 0 Å². The summed E-state index contributed by atoms with van der Waals surface area (Å²) >= 11 is 0. The van der Waals surface area contributed by atoms with E-state index in [2.05, 4.69) is 20.8 Å². The molecule has 3 atom stereocenters. The van der Waals surface area contributed by atoms with Crippen LogP contribution in [0, 0.1) is 22.7 Å². The third kappa shape index (κ3) is 0.918. The Morgan fingerprint density at radius 2 is 2.00 bits per heavy atom. The molecule has 0 spiro atoms. The van der Waals surface area contributed by atoms with Crippen molar-refractivity contribution in [2.45, 2.75) is 40.0 Å². The molecule has 0 radical (unpaired) electrons. The smallest absolute Gasteiger partial charge is 0.306 e. The quantitative estimate of drug-likeness (QED) is 0.676. The van der Waals surface area contributed by atoms with Gasteiger partial charge in [0.2, 0.25) is 0 Å². The molecule has 0 saturated heterocycles. The first-order valence-electron chi connectivity index (χ1n) is 5.11. The minimum absolute atomic E-state index is 0.0752. The molecule has 0 heterocycles. The zero-order chi connectivity index (χ0) is 9.85. The van der Waals surface area contributed by atoms with Crippen LogP contribution in [0.4, 0.5) is 0 Å². The molecule has 2 aliphatic rings. The topological polar surface area (TPSA) is 37.3 Å². The molecule has 2 nitrogen and oxygen atoms in total. The van der Waals surface area contributed by atoms with Crippen LogP contribution in [0.5, 0.6) is 0 Å². The van der Waals surface area contributed by atoms with Gasteiger partial charge in [-0.3, -0.25) is 4.79 Å². The molecule has 2 heteroatoms. The van der Waals surface area contributed by atoms with Crippen LogP contribution in [-0.2, 0) is 4.79 Å². The lowest BCUT2D eigenvalue weighted by molar-refractivity contribution is -0.144. The van der Waals surface area contributed by atoms with E-state index < -0.39 is 5.97 Å². The highest BCUT2D eigenvalue weighted by molar-refractivity contribution is 5.71. The lowest BCUT2D eigenvalue weighted by Gasteiger charge is -2.34. The molecule has 2 aliphatic carbocycles. The van der Waals surface area contributed by atoms with Gasteiger partial charge in [-0.25, -0.2) is 0 Å². The number of rotatable bonds is 1. The highest BCUT2D eigenvalue weighted by atomic mass is 16.4. The second-order valence-corrected chi connectivity index (χ2v) is 5.58. The molecule has 13 heavy (non-hydrogen) atoms. The van der Waals surface area contributed by atoms with Crippen LogP contribution in [0.3, 0.4) is 0 Å². The van der Waals surface area contributed by atoms with Crippen LogP contribution in [-0.4, -0.2) is 11.1 Å². The van der Waals surface area contributed by atoms with Crippen molar-refractivity contribution in [2.24, 2.45) is 22.7 Å². The molecule has 2 bridgehead atoms. The molecule has 2 rings (SSSR count). The van der Waals surface area contributed by atoms with E-state index in [4.69, 9.17) is 5.11 Å². The second kappa shape index (κ2) is 2.28.